The van der Waals surface area contributed by atoms with Crippen molar-refractivity contribution in [2.75, 3.05) is 13.2 Å². The van der Waals surface area contributed by atoms with Crippen molar-refractivity contribution in [3.8, 4) is 0 Å². The van der Waals surface area contributed by atoms with Gasteiger partial charge in [-0.25, -0.2) is 0 Å². The lowest BCUT2D eigenvalue weighted by Crippen LogP contribution is -2.68. The Labute approximate surface area is 212 Å². The summed E-state index contributed by atoms with van der Waals surface area (Å²) in [6, 6.07) is 0. The van der Waals surface area contributed by atoms with Crippen molar-refractivity contribution in [3.63, 3.8) is 0 Å². The fourth-order valence-corrected chi connectivity index (χ4v) is 10.7. The zero-order valence-electron chi connectivity index (χ0n) is 22.8. The molecule has 0 aromatic carbocycles. The Balaban J connectivity index is 1.61. The third-order valence-electron chi connectivity index (χ3n) is 13.5. The Morgan fingerprint density at radius 2 is 1.46 bits per heavy atom. The number of hydrogen-bond acceptors (Lipinski definition) is 5. The molecule has 5 heteroatoms. The first-order valence-electron chi connectivity index (χ1n) is 14.1. The number of hydrogen-bond donors (Lipinski definition) is 5. The average molecular weight is 491 g/mol. The van der Waals surface area contributed by atoms with Crippen molar-refractivity contribution in [2.24, 2.45) is 50.2 Å². The molecule has 5 N–H and O–H groups in total. The van der Waals surface area contributed by atoms with Gasteiger partial charge in [-0.2, -0.15) is 0 Å². The average Bonchev–Trinajstić information content (AvgIpc) is 2.78. The lowest BCUT2D eigenvalue weighted by atomic mass is 9.33. The van der Waals surface area contributed by atoms with Gasteiger partial charge in [0.25, 0.3) is 0 Å². The Kier molecular flexibility index (Phi) is 5.82. The van der Waals surface area contributed by atoms with Gasteiger partial charge in [0.1, 0.15) is 0 Å². The fraction of sp³-hybridized carbons (Fsp3) is 0.933. The normalized spacial score (nSPS) is 57.3. The van der Waals surface area contributed by atoms with Crippen LogP contribution in [0.4, 0.5) is 0 Å². The first kappa shape index (κ1) is 26.2. The van der Waals surface area contributed by atoms with E-state index in [1.165, 1.54) is 5.57 Å². The minimum absolute atomic E-state index is 0.0101. The molecule has 0 saturated heterocycles. The molecule has 4 fully saturated rings. The van der Waals surface area contributed by atoms with E-state index in [0.29, 0.717) is 18.8 Å². The maximum Gasteiger partial charge on any atom is 0.0633 e. The van der Waals surface area contributed by atoms with E-state index in [0.717, 1.165) is 38.5 Å². The highest BCUT2D eigenvalue weighted by atomic mass is 16.3. The maximum atomic E-state index is 11.7. The molecule has 0 bridgehead atoms. The second-order valence-corrected chi connectivity index (χ2v) is 15.1. The Morgan fingerprint density at radius 1 is 0.771 bits per heavy atom. The van der Waals surface area contributed by atoms with Crippen LogP contribution in [0.25, 0.3) is 0 Å². The van der Waals surface area contributed by atoms with Crippen LogP contribution in [0.2, 0.25) is 0 Å². The Bertz CT molecular complexity index is 899. The van der Waals surface area contributed by atoms with Gasteiger partial charge < -0.3 is 25.5 Å². The topological polar surface area (TPSA) is 101 Å². The van der Waals surface area contributed by atoms with Crippen molar-refractivity contribution < 1.29 is 25.5 Å². The van der Waals surface area contributed by atoms with Crippen LogP contribution >= 0.6 is 0 Å². The highest BCUT2D eigenvalue weighted by Crippen LogP contribution is 2.75. The second kappa shape index (κ2) is 7.79. The number of allylic oxidation sites excluding steroid dienone is 2. The van der Waals surface area contributed by atoms with E-state index < -0.39 is 29.1 Å². The van der Waals surface area contributed by atoms with Gasteiger partial charge in [-0.05, 0) is 90.8 Å². The molecule has 5 nitrogen and oxygen atoms in total. The summed E-state index contributed by atoms with van der Waals surface area (Å²) >= 11 is 0. The maximum absolute atomic E-state index is 11.7. The predicted octanol–water partition coefficient (Wildman–Crippen LogP) is 4.06. The highest BCUT2D eigenvalue weighted by Gasteiger charge is 2.70. The minimum atomic E-state index is -0.672. The summed E-state index contributed by atoms with van der Waals surface area (Å²) in [5, 5.41) is 54.7. The van der Waals surface area contributed by atoms with Crippen LogP contribution in [0.3, 0.4) is 0 Å². The van der Waals surface area contributed by atoms with E-state index in [-0.39, 0.29) is 46.7 Å². The molecule has 0 heterocycles. The van der Waals surface area contributed by atoms with Crippen molar-refractivity contribution in [3.05, 3.63) is 11.6 Å². The van der Waals surface area contributed by atoms with Crippen LogP contribution in [-0.2, 0) is 0 Å². The molecule has 0 aliphatic heterocycles. The first-order valence-corrected chi connectivity index (χ1v) is 14.1. The number of rotatable bonds is 2. The Morgan fingerprint density at radius 3 is 2.09 bits per heavy atom. The molecule has 0 spiro atoms. The van der Waals surface area contributed by atoms with Gasteiger partial charge in [-0.3, -0.25) is 0 Å². The van der Waals surface area contributed by atoms with Gasteiger partial charge in [-0.15, -0.1) is 0 Å². The first-order chi connectivity index (χ1) is 16.2. The van der Waals surface area contributed by atoms with Crippen LogP contribution in [0, 0.1) is 50.2 Å². The molecule has 5 rings (SSSR count). The summed E-state index contributed by atoms with van der Waals surface area (Å²) < 4.78 is 0. The quantitative estimate of drug-likeness (QED) is 0.376. The molecule has 0 radical (unpaired) electrons. The molecule has 0 aromatic rings. The van der Waals surface area contributed by atoms with E-state index in [2.05, 4.69) is 47.6 Å². The summed E-state index contributed by atoms with van der Waals surface area (Å²) in [6.07, 6.45) is 7.36. The van der Waals surface area contributed by atoms with Gasteiger partial charge in [-0.1, -0.05) is 53.2 Å². The second-order valence-electron chi connectivity index (χ2n) is 15.1. The van der Waals surface area contributed by atoms with Gasteiger partial charge in [0.05, 0.1) is 31.5 Å². The summed E-state index contributed by atoms with van der Waals surface area (Å²) in [7, 11) is 0. The van der Waals surface area contributed by atoms with E-state index in [4.69, 9.17) is 0 Å². The van der Waals surface area contributed by atoms with Gasteiger partial charge in [0, 0.05) is 10.8 Å². The van der Waals surface area contributed by atoms with Crippen molar-refractivity contribution >= 4 is 0 Å². The van der Waals surface area contributed by atoms with Crippen molar-refractivity contribution in [1.29, 1.82) is 0 Å². The molecule has 0 aromatic heterocycles. The summed E-state index contributed by atoms with van der Waals surface area (Å²) in [6.45, 7) is 13.5. The predicted molar refractivity (Wildman–Crippen MR) is 136 cm³/mol. The number of aliphatic hydroxyl groups excluding tert-OH is 5. The van der Waals surface area contributed by atoms with Crippen molar-refractivity contribution in [1.82, 2.24) is 0 Å². The lowest BCUT2D eigenvalue weighted by Gasteiger charge is -2.72. The minimum Gasteiger partial charge on any atom is -0.396 e. The van der Waals surface area contributed by atoms with E-state index in [1.54, 1.807) is 0 Å². The molecule has 5 aliphatic carbocycles. The number of aliphatic hydroxyl groups is 5. The third-order valence-corrected chi connectivity index (χ3v) is 13.5. The molecular weight excluding hydrogens is 440 g/mol. The molecule has 5 aliphatic rings. The van der Waals surface area contributed by atoms with Gasteiger partial charge >= 0.3 is 0 Å². The zero-order valence-corrected chi connectivity index (χ0v) is 22.8. The molecular formula is C30H50O5. The Hall–Kier alpha value is -0.460. The summed E-state index contributed by atoms with van der Waals surface area (Å²) in [4.78, 5) is 0. The largest absolute Gasteiger partial charge is 0.396 e. The van der Waals surface area contributed by atoms with Crippen LogP contribution in [-0.4, -0.2) is 57.1 Å². The van der Waals surface area contributed by atoms with Crippen LogP contribution < -0.4 is 0 Å². The monoisotopic (exact) mass is 490 g/mol. The molecule has 200 valence electrons. The molecule has 0 amide bonds. The number of fused-ring (bicyclic) bond motifs is 7. The SMILES string of the molecule is CC1(C)C[C@H]2C3=CC[C@@H]4[C@@]5(C)CC[C@H](O)[C@@](C)(CO)[C@@H]5CC[C@@]4(C)[C@]3(C)C[C@H](O)[C@@]2(CO)C[C@H]1O. The molecule has 11 atom stereocenters. The van der Waals surface area contributed by atoms with Gasteiger partial charge in [0.2, 0.25) is 0 Å². The summed E-state index contributed by atoms with van der Waals surface area (Å²) in [5.74, 6) is 0.755. The van der Waals surface area contributed by atoms with Crippen LogP contribution in [0.5, 0.6) is 0 Å². The van der Waals surface area contributed by atoms with Gasteiger partial charge in [0.15, 0.2) is 0 Å². The van der Waals surface area contributed by atoms with Crippen LogP contribution in [0.1, 0.15) is 92.9 Å². The lowest BCUT2D eigenvalue weighted by molar-refractivity contribution is -0.232. The van der Waals surface area contributed by atoms with E-state index in [1.807, 2.05) is 0 Å². The molecule has 35 heavy (non-hydrogen) atoms. The zero-order chi connectivity index (χ0) is 25.8. The van der Waals surface area contributed by atoms with E-state index >= 15 is 0 Å². The van der Waals surface area contributed by atoms with E-state index in [9.17, 15) is 25.5 Å². The highest BCUT2D eigenvalue weighted by molar-refractivity contribution is 5.35. The van der Waals surface area contributed by atoms with Crippen molar-refractivity contribution in [2.45, 2.75) is 111 Å². The van der Waals surface area contributed by atoms with Crippen LogP contribution in [0.15, 0.2) is 11.6 Å². The fourth-order valence-electron chi connectivity index (χ4n) is 10.7. The molecule has 4 saturated carbocycles. The molecule has 0 unspecified atom stereocenters. The smallest absolute Gasteiger partial charge is 0.0633 e. The summed E-state index contributed by atoms with van der Waals surface area (Å²) in [5.41, 5.74) is -0.159. The third kappa shape index (κ3) is 3.05. The standard InChI is InChI=1S/C30H50O5/c1-25(2)13-19-18-7-8-21-26(3)11-10-22(33)27(4,16-31)20(26)9-12-28(21,5)29(18,6)14-24(35)30(19,17-32)15-23(25)34/h7,19-24,31-35H,8-17H2,1-6H3/t19-,20+,21+,22-,23+,24-,26-,27-,28+,29+,30+/m0/s1.